The lowest BCUT2D eigenvalue weighted by atomic mass is 10.2. The van der Waals surface area contributed by atoms with Gasteiger partial charge in [-0.15, -0.1) is 11.3 Å². The highest BCUT2D eigenvalue weighted by Crippen LogP contribution is 2.27. The van der Waals surface area contributed by atoms with Crippen LogP contribution in [0, 0.1) is 18.3 Å². The molecule has 1 N–H and O–H groups in total. The molecule has 1 aliphatic rings. The molecule has 1 saturated heterocycles. The Hall–Kier alpha value is -1.54. The van der Waals surface area contributed by atoms with Crippen molar-refractivity contribution in [1.82, 2.24) is 10.2 Å². The number of thiophene rings is 1. The molecule has 4 nitrogen and oxygen atoms in total. The maximum absolute atomic E-state index is 11.4. The number of rotatable bonds is 2. The van der Waals surface area contributed by atoms with Gasteiger partial charge in [0.2, 0.25) is 0 Å². The van der Waals surface area contributed by atoms with E-state index in [-0.39, 0.29) is 18.6 Å². The standard InChI is InChI=1S/C10H11N3OS/c1-7-2-5-15-9(7)8-6-13(4-3-11)10(14)12-8/h2,5,8H,4,6H2,1H3,(H,12,14). The van der Waals surface area contributed by atoms with Gasteiger partial charge in [0, 0.05) is 11.4 Å². The van der Waals surface area contributed by atoms with Crippen LogP contribution in [0.4, 0.5) is 4.79 Å². The molecule has 78 valence electrons. The molecule has 2 rings (SSSR count). The highest BCUT2D eigenvalue weighted by atomic mass is 32.1. The first-order chi connectivity index (χ1) is 7.22. The van der Waals surface area contributed by atoms with E-state index >= 15 is 0 Å². The second kappa shape index (κ2) is 3.91. The SMILES string of the molecule is Cc1ccsc1C1CN(CC#N)C(=O)N1. The van der Waals surface area contributed by atoms with Gasteiger partial charge in [-0.1, -0.05) is 0 Å². The summed E-state index contributed by atoms with van der Waals surface area (Å²) in [4.78, 5) is 14.2. The molecule has 0 saturated carbocycles. The van der Waals surface area contributed by atoms with Crippen LogP contribution in [-0.2, 0) is 0 Å². The quantitative estimate of drug-likeness (QED) is 0.772. The fourth-order valence-electron chi connectivity index (χ4n) is 1.70. The van der Waals surface area contributed by atoms with Gasteiger partial charge >= 0.3 is 6.03 Å². The highest BCUT2D eigenvalue weighted by Gasteiger charge is 2.30. The first-order valence-electron chi connectivity index (χ1n) is 4.68. The molecule has 0 bridgehead atoms. The first-order valence-corrected chi connectivity index (χ1v) is 5.56. The summed E-state index contributed by atoms with van der Waals surface area (Å²) in [5, 5.41) is 13.4. The number of urea groups is 1. The van der Waals surface area contributed by atoms with Crippen LogP contribution in [0.2, 0.25) is 0 Å². The fourth-order valence-corrected chi connectivity index (χ4v) is 2.67. The van der Waals surface area contributed by atoms with Crippen LogP contribution < -0.4 is 5.32 Å². The molecule has 0 aromatic carbocycles. The first kappa shape index (κ1) is 9.99. The van der Waals surface area contributed by atoms with Crippen molar-refractivity contribution < 1.29 is 4.79 Å². The van der Waals surface area contributed by atoms with Crippen molar-refractivity contribution in [2.24, 2.45) is 0 Å². The zero-order chi connectivity index (χ0) is 10.8. The minimum atomic E-state index is -0.144. The number of nitrogens with one attached hydrogen (secondary N) is 1. The zero-order valence-corrected chi connectivity index (χ0v) is 9.17. The molecule has 1 unspecified atom stereocenters. The van der Waals surface area contributed by atoms with Crippen LogP contribution in [0.15, 0.2) is 11.4 Å². The molecule has 1 aromatic heterocycles. The van der Waals surface area contributed by atoms with Crippen molar-refractivity contribution in [1.29, 1.82) is 5.26 Å². The monoisotopic (exact) mass is 221 g/mol. The van der Waals surface area contributed by atoms with E-state index in [0.29, 0.717) is 6.54 Å². The van der Waals surface area contributed by atoms with E-state index in [1.54, 1.807) is 11.3 Å². The van der Waals surface area contributed by atoms with E-state index in [2.05, 4.69) is 5.32 Å². The van der Waals surface area contributed by atoms with Crippen molar-refractivity contribution in [3.05, 3.63) is 21.9 Å². The summed E-state index contributed by atoms with van der Waals surface area (Å²) in [5.74, 6) is 0. The third kappa shape index (κ3) is 1.81. The molecular weight excluding hydrogens is 210 g/mol. The van der Waals surface area contributed by atoms with Crippen molar-refractivity contribution >= 4 is 17.4 Å². The Morgan fingerprint density at radius 1 is 1.80 bits per heavy atom. The molecule has 2 amide bonds. The van der Waals surface area contributed by atoms with Gasteiger partial charge in [-0.05, 0) is 23.9 Å². The van der Waals surface area contributed by atoms with E-state index in [1.807, 2.05) is 24.4 Å². The summed E-state index contributed by atoms with van der Waals surface area (Å²) in [7, 11) is 0. The topological polar surface area (TPSA) is 56.1 Å². The lowest BCUT2D eigenvalue weighted by Crippen LogP contribution is -2.28. The van der Waals surface area contributed by atoms with Gasteiger partial charge in [0.15, 0.2) is 0 Å². The zero-order valence-electron chi connectivity index (χ0n) is 8.36. The minimum absolute atomic E-state index is 0.0471. The Morgan fingerprint density at radius 2 is 2.60 bits per heavy atom. The van der Waals surface area contributed by atoms with Crippen LogP contribution in [0.1, 0.15) is 16.5 Å². The Balaban J connectivity index is 2.13. The smallest absolute Gasteiger partial charge is 0.318 e. The normalized spacial score (nSPS) is 20.1. The van der Waals surface area contributed by atoms with Gasteiger partial charge in [-0.2, -0.15) is 5.26 Å². The molecule has 1 fully saturated rings. The average molecular weight is 221 g/mol. The van der Waals surface area contributed by atoms with E-state index in [9.17, 15) is 4.79 Å². The number of aryl methyl sites for hydroxylation is 1. The fraction of sp³-hybridized carbons (Fsp3) is 0.400. The van der Waals surface area contributed by atoms with Crippen LogP contribution in [-0.4, -0.2) is 24.0 Å². The highest BCUT2D eigenvalue weighted by molar-refractivity contribution is 7.10. The van der Waals surface area contributed by atoms with E-state index < -0.39 is 0 Å². The maximum Gasteiger partial charge on any atom is 0.318 e. The Morgan fingerprint density at radius 3 is 3.20 bits per heavy atom. The maximum atomic E-state index is 11.4. The van der Waals surface area contributed by atoms with Crippen molar-refractivity contribution in [2.75, 3.05) is 13.1 Å². The van der Waals surface area contributed by atoms with Gasteiger partial charge in [0.1, 0.15) is 6.54 Å². The summed E-state index contributed by atoms with van der Waals surface area (Å²) in [6.07, 6.45) is 0. The molecule has 0 spiro atoms. The van der Waals surface area contributed by atoms with Gasteiger partial charge in [-0.25, -0.2) is 4.79 Å². The molecule has 5 heteroatoms. The van der Waals surface area contributed by atoms with Crippen molar-refractivity contribution in [3.8, 4) is 6.07 Å². The molecule has 1 aromatic rings. The van der Waals surface area contributed by atoms with E-state index in [0.717, 1.165) is 0 Å². The number of amides is 2. The van der Waals surface area contributed by atoms with Gasteiger partial charge in [0.25, 0.3) is 0 Å². The minimum Gasteiger partial charge on any atom is -0.329 e. The van der Waals surface area contributed by atoms with Crippen LogP contribution in [0.3, 0.4) is 0 Å². The molecule has 1 aliphatic heterocycles. The van der Waals surface area contributed by atoms with Crippen molar-refractivity contribution in [3.63, 3.8) is 0 Å². The summed E-state index contributed by atoms with van der Waals surface area (Å²) in [6, 6.07) is 3.93. The number of nitrogens with zero attached hydrogens (tertiary/aromatic N) is 2. The summed E-state index contributed by atoms with van der Waals surface area (Å²) in [5.41, 5.74) is 1.20. The second-order valence-electron chi connectivity index (χ2n) is 3.51. The number of carbonyl (C=O) groups is 1. The predicted octanol–water partition coefficient (Wildman–Crippen LogP) is 1.65. The second-order valence-corrected chi connectivity index (χ2v) is 4.46. The average Bonchev–Trinajstić information content (AvgIpc) is 2.75. The third-order valence-corrected chi connectivity index (χ3v) is 3.60. The molecule has 1 atom stereocenters. The van der Waals surface area contributed by atoms with Crippen LogP contribution >= 0.6 is 11.3 Å². The third-order valence-electron chi connectivity index (χ3n) is 2.47. The Kier molecular flexibility index (Phi) is 2.60. The van der Waals surface area contributed by atoms with Gasteiger partial charge < -0.3 is 10.2 Å². The molecule has 0 aliphatic carbocycles. The lowest BCUT2D eigenvalue weighted by Gasteiger charge is -2.09. The Bertz CT molecular complexity index is 421. The molecule has 15 heavy (non-hydrogen) atoms. The summed E-state index contributed by atoms with van der Waals surface area (Å²) < 4.78 is 0. The number of nitriles is 1. The van der Waals surface area contributed by atoms with E-state index in [4.69, 9.17) is 5.26 Å². The van der Waals surface area contributed by atoms with Gasteiger partial charge in [0.05, 0.1) is 12.1 Å². The van der Waals surface area contributed by atoms with Crippen molar-refractivity contribution in [2.45, 2.75) is 13.0 Å². The van der Waals surface area contributed by atoms with Crippen LogP contribution in [0.25, 0.3) is 0 Å². The number of hydrogen-bond acceptors (Lipinski definition) is 3. The van der Waals surface area contributed by atoms with Gasteiger partial charge in [-0.3, -0.25) is 0 Å². The number of hydrogen-bond donors (Lipinski definition) is 1. The number of carbonyl (C=O) groups excluding carboxylic acids is 1. The largest absolute Gasteiger partial charge is 0.329 e. The molecule has 0 radical (unpaired) electrons. The predicted molar refractivity (Wildman–Crippen MR) is 57.5 cm³/mol. The molecular formula is C10H11N3OS. The lowest BCUT2D eigenvalue weighted by molar-refractivity contribution is 0.222. The molecule has 2 heterocycles. The van der Waals surface area contributed by atoms with Crippen LogP contribution in [0.5, 0.6) is 0 Å². The summed E-state index contributed by atoms with van der Waals surface area (Å²) in [6.45, 7) is 2.78. The van der Waals surface area contributed by atoms with E-state index in [1.165, 1.54) is 15.3 Å². The summed E-state index contributed by atoms with van der Waals surface area (Å²) >= 11 is 1.64. The Labute approximate surface area is 92.1 Å².